The summed E-state index contributed by atoms with van der Waals surface area (Å²) in [5, 5.41) is 3.24. The molecule has 0 spiro atoms. The molecule has 4 heteroatoms. The molecule has 4 nitrogen and oxygen atoms in total. The van der Waals surface area contributed by atoms with Gasteiger partial charge in [-0.3, -0.25) is 0 Å². The van der Waals surface area contributed by atoms with Crippen LogP contribution >= 0.6 is 0 Å². The summed E-state index contributed by atoms with van der Waals surface area (Å²) in [5.41, 5.74) is 2.33. The van der Waals surface area contributed by atoms with Gasteiger partial charge < -0.3 is 15.0 Å². The van der Waals surface area contributed by atoms with Crippen LogP contribution in [-0.2, 0) is 11.2 Å². The van der Waals surface area contributed by atoms with E-state index in [-0.39, 0.29) is 18.2 Å². The van der Waals surface area contributed by atoms with Crippen molar-refractivity contribution in [3.8, 4) is 0 Å². The first-order valence-corrected chi connectivity index (χ1v) is 9.52. The van der Waals surface area contributed by atoms with Gasteiger partial charge in [0.2, 0.25) is 0 Å². The maximum atomic E-state index is 12.9. The molecule has 2 unspecified atom stereocenters. The fourth-order valence-corrected chi connectivity index (χ4v) is 3.42. The highest BCUT2D eigenvalue weighted by molar-refractivity contribution is 5.74. The zero-order valence-electron chi connectivity index (χ0n) is 15.4. The molecular weight excluding hydrogens is 324 g/mol. The number of carbonyl (C=O) groups is 1. The lowest BCUT2D eigenvalue weighted by molar-refractivity contribution is 0.0821. The van der Waals surface area contributed by atoms with E-state index in [1.54, 1.807) is 0 Å². The Morgan fingerprint density at radius 2 is 1.85 bits per heavy atom. The lowest BCUT2D eigenvalue weighted by Gasteiger charge is -2.28. The van der Waals surface area contributed by atoms with Crippen molar-refractivity contribution in [3.05, 3.63) is 71.8 Å². The average Bonchev–Trinajstić information content (AvgIpc) is 3.20. The highest BCUT2D eigenvalue weighted by Gasteiger charge is 2.23. The second-order valence-corrected chi connectivity index (χ2v) is 6.78. The van der Waals surface area contributed by atoms with Crippen molar-refractivity contribution < 1.29 is 9.53 Å². The predicted molar refractivity (Wildman–Crippen MR) is 104 cm³/mol. The van der Waals surface area contributed by atoms with Gasteiger partial charge in [0.1, 0.15) is 0 Å². The third kappa shape index (κ3) is 5.09. The van der Waals surface area contributed by atoms with Crippen molar-refractivity contribution >= 4 is 6.03 Å². The number of benzene rings is 2. The molecule has 1 aliphatic heterocycles. The molecule has 1 N–H and O–H groups in total. The molecule has 0 bridgehead atoms. The van der Waals surface area contributed by atoms with Gasteiger partial charge in [0.05, 0.1) is 12.1 Å². The van der Waals surface area contributed by atoms with E-state index in [4.69, 9.17) is 4.74 Å². The summed E-state index contributed by atoms with van der Waals surface area (Å²) in [6.07, 6.45) is 3.07. The third-order valence-corrected chi connectivity index (χ3v) is 4.90. The maximum absolute atomic E-state index is 12.9. The van der Waals surface area contributed by atoms with Crippen LogP contribution < -0.4 is 5.32 Å². The summed E-state index contributed by atoms with van der Waals surface area (Å²) in [6.45, 7) is 4.17. The number of hydrogen-bond donors (Lipinski definition) is 1. The minimum Gasteiger partial charge on any atom is -0.376 e. The van der Waals surface area contributed by atoms with Crippen LogP contribution in [0.15, 0.2) is 60.7 Å². The SMILES string of the molecule is CCN(CC1CCCO1)C(=O)NC(Cc1ccccc1)c1ccccc1. The average molecular weight is 352 g/mol. The zero-order chi connectivity index (χ0) is 18.2. The zero-order valence-corrected chi connectivity index (χ0v) is 15.4. The van der Waals surface area contributed by atoms with Crippen LogP contribution in [0.25, 0.3) is 0 Å². The van der Waals surface area contributed by atoms with Gasteiger partial charge in [-0.15, -0.1) is 0 Å². The van der Waals surface area contributed by atoms with Crippen molar-refractivity contribution in [2.45, 2.75) is 38.3 Å². The minimum absolute atomic E-state index is 0.0206. The number of ether oxygens (including phenoxy) is 1. The second-order valence-electron chi connectivity index (χ2n) is 6.78. The lowest BCUT2D eigenvalue weighted by Crippen LogP contribution is -2.45. The lowest BCUT2D eigenvalue weighted by atomic mass is 9.99. The molecule has 138 valence electrons. The second kappa shape index (κ2) is 9.39. The molecule has 1 fully saturated rings. The Labute approximate surface area is 156 Å². The number of rotatable bonds is 7. The van der Waals surface area contributed by atoms with E-state index in [0.717, 1.165) is 31.4 Å². The Morgan fingerprint density at radius 3 is 2.46 bits per heavy atom. The Balaban J connectivity index is 1.70. The van der Waals surface area contributed by atoms with Gasteiger partial charge in [-0.25, -0.2) is 4.79 Å². The van der Waals surface area contributed by atoms with Gasteiger partial charge in [0.25, 0.3) is 0 Å². The van der Waals surface area contributed by atoms with Crippen LogP contribution in [0.3, 0.4) is 0 Å². The number of carbonyl (C=O) groups excluding carboxylic acids is 1. The molecule has 0 aliphatic carbocycles. The van der Waals surface area contributed by atoms with Gasteiger partial charge in [-0.05, 0) is 37.3 Å². The first kappa shape index (κ1) is 18.5. The molecule has 0 saturated carbocycles. The highest BCUT2D eigenvalue weighted by Crippen LogP contribution is 2.19. The van der Waals surface area contributed by atoms with Gasteiger partial charge in [0, 0.05) is 19.7 Å². The van der Waals surface area contributed by atoms with Crippen molar-refractivity contribution in [2.24, 2.45) is 0 Å². The predicted octanol–water partition coefficient (Wildman–Crippen LogP) is 4.18. The monoisotopic (exact) mass is 352 g/mol. The minimum atomic E-state index is -0.0513. The fraction of sp³-hybridized carbons (Fsp3) is 0.409. The normalized spacial score (nSPS) is 17.7. The number of likely N-dealkylation sites (N-methyl/N-ethyl adjacent to an activating group) is 1. The van der Waals surface area contributed by atoms with E-state index in [1.165, 1.54) is 5.56 Å². The Hall–Kier alpha value is -2.33. The molecule has 26 heavy (non-hydrogen) atoms. The Morgan fingerprint density at radius 1 is 1.15 bits per heavy atom. The summed E-state index contributed by atoms with van der Waals surface area (Å²) in [4.78, 5) is 14.8. The van der Waals surface area contributed by atoms with Crippen molar-refractivity contribution in [3.63, 3.8) is 0 Å². The molecule has 2 aromatic rings. The molecule has 1 heterocycles. The van der Waals surface area contributed by atoms with Gasteiger partial charge in [-0.2, -0.15) is 0 Å². The molecule has 0 aromatic heterocycles. The Kier molecular flexibility index (Phi) is 6.67. The summed E-state index contributed by atoms with van der Waals surface area (Å²) in [7, 11) is 0. The topological polar surface area (TPSA) is 41.6 Å². The highest BCUT2D eigenvalue weighted by atomic mass is 16.5. The molecule has 2 aromatic carbocycles. The first-order valence-electron chi connectivity index (χ1n) is 9.52. The smallest absolute Gasteiger partial charge is 0.317 e. The van der Waals surface area contributed by atoms with Gasteiger partial charge >= 0.3 is 6.03 Å². The third-order valence-electron chi connectivity index (χ3n) is 4.90. The standard InChI is InChI=1S/C22H28N2O2/c1-2-24(17-20-14-9-15-26-20)22(25)23-21(19-12-7-4-8-13-19)16-18-10-5-3-6-11-18/h3-8,10-13,20-21H,2,9,14-17H2,1H3,(H,23,25). The number of nitrogens with one attached hydrogen (secondary N) is 1. The summed E-state index contributed by atoms with van der Waals surface area (Å²) in [5.74, 6) is 0. The van der Waals surface area contributed by atoms with Gasteiger partial charge in [-0.1, -0.05) is 60.7 Å². The van der Waals surface area contributed by atoms with Crippen LogP contribution in [0.4, 0.5) is 4.79 Å². The van der Waals surface area contributed by atoms with Crippen LogP contribution in [0.5, 0.6) is 0 Å². The van der Waals surface area contributed by atoms with Gasteiger partial charge in [0.15, 0.2) is 0 Å². The quantitative estimate of drug-likeness (QED) is 0.812. The maximum Gasteiger partial charge on any atom is 0.317 e. The Bertz CT molecular complexity index is 669. The van der Waals surface area contributed by atoms with Crippen LogP contribution in [0.1, 0.15) is 36.9 Å². The summed E-state index contributed by atoms with van der Waals surface area (Å²) < 4.78 is 5.70. The van der Waals surface area contributed by atoms with Crippen LogP contribution in [0.2, 0.25) is 0 Å². The van der Waals surface area contributed by atoms with Crippen molar-refractivity contribution in [1.29, 1.82) is 0 Å². The summed E-state index contributed by atoms with van der Waals surface area (Å²) in [6, 6.07) is 20.4. The first-order chi connectivity index (χ1) is 12.8. The fourth-order valence-electron chi connectivity index (χ4n) is 3.42. The molecule has 0 radical (unpaired) electrons. The number of amides is 2. The van der Waals surface area contributed by atoms with E-state index in [9.17, 15) is 4.79 Å². The van der Waals surface area contributed by atoms with E-state index in [1.807, 2.05) is 48.2 Å². The number of hydrogen-bond acceptors (Lipinski definition) is 2. The summed E-state index contributed by atoms with van der Waals surface area (Å²) >= 11 is 0. The van der Waals surface area contributed by atoms with E-state index in [2.05, 4.69) is 29.6 Å². The molecule has 3 rings (SSSR count). The molecule has 1 saturated heterocycles. The molecule has 2 amide bonds. The van der Waals surface area contributed by atoms with Crippen LogP contribution in [-0.4, -0.2) is 36.7 Å². The molecule has 1 aliphatic rings. The van der Waals surface area contributed by atoms with E-state index < -0.39 is 0 Å². The van der Waals surface area contributed by atoms with E-state index >= 15 is 0 Å². The van der Waals surface area contributed by atoms with E-state index in [0.29, 0.717) is 13.1 Å². The van der Waals surface area contributed by atoms with Crippen molar-refractivity contribution in [2.75, 3.05) is 19.7 Å². The largest absolute Gasteiger partial charge is 0.376 e. The number of nitrogens with zero attached hydrogens (tertiary/aromatic N) is 1. The van der Waals surface area contributed by atoms with Crippen LogP contribution in [0, 0.1) is 0 Å². The van der Waals surface area contributed by atoms with Crippen molar-refractivity contribution in [1.82, 2.24) is 10.2 Å². The molecular formula is C22H28N2O2. The molecule has 2 atom stereocenters. The number of urea groups is 1.